The van der Waals surface area contributed by atoms with Gasteiger partial charge in [0.05, 0.1) is 4.90 Å². The lowest BCUT2D eigenvalue weighted by atomic mass is 10.3. The van der Waals surface area contributed by atoms with Gasteiger partial charge in [0.1, 0.15) is 0 Å². The molecule has 7 heteroatoms. The molecule has 0 saturated carbocycles. The van der Waals surface area contributed by atoms with E-state index in [4.69, 9.17) is 11.6 Å². The van der Waals surface area contributed by atoms with Crippen molar-refractivity contribution in [2.45, 2.75) is 11.8 Å². The molecule has 1 aliphatic rings. The van der Waals surface area contributed by atoms with Gasteiger partial charge in [-0.25, -0.2) is 8.42 Å². The zero-order valence-corrected chi connectivity index (χ0v) is 14.4. The maximum atomic E-state index is 12.6. The van der Waals surface area contributed by atoms with E-state index in [0.29, 0.717) is 18.1 Å². The van der Waals surface area contributed by atoms with Gasteiger partial charge in [-0.2, -0.15) is 4.31 Å². The summed E-state index contributed by atoms with van der Waals surface area (Å²) in [4.78, 5) is 13.8. The summed E-state index contributed by atoms with van der Waals surface area (Å²) in [6.07, 6.45) is 6.77. The van der Waals surface area contributed by atoms with Crippen molar-refractivity contribution in [3.05, 3.63) is 53.6 Å². The fourth-order valence-corrected chi connectivity index (χ4v) is 4.00. The number of piperazine rings is 1. The van der Waals surface area contributed by atoms with Crippen LogP contribution in [0.2, 0.25) is 5.02 Å². The average Bonchev–Trinajstić information content (AvgIpc) is 2.55. The van der Waals surface area contributed by atoms with Crippen LogP contribution in [0.15, 0.2) is 53.5 Å². The molecular formula is C16H19ClN2O3S. The highest BCUT2D eigenvalue weighted by Crippen LogP contribution is 2.20. The van der Waals surface area contributed by atoms with Crippen LogP contribution >= 0.6 is 11.6 Å². The van der Waals surface area contributed by atoms with E-state index in [2.05, 4.69) is 0 Å². The molecule has 1 fully saturated rings. The van der Waals surface area contributed by atoms with Crippen molar-refractivity contribution in [1.29, 1.82) is 0 Å². The Labute approximate surface area is 141 Å². The Morgan fingerprint density at radius 1 is 1.17 bits per heavy atom. The molecule has 0 atom stereocenters. The van der Waals surface area contributed by atoms with Gasteiger partial charge in [-0.05, 0) is 25.1 Å². The van der Waals surface area contributed by atoms with Crippen LogP contribution in [-0.2, 0) is 14.8 Å². The minimum Gasteiger partial charge on any atom is -0.337 e. The van der Waals surface area contributed by atoms with Crippen LogP contribution in [-0.4, -0.2) is 49.7 Å². The van der Waals surface area contributed by atoms with Crippen LogP contribution in [0.5, 0.6) is 0 Å². The molecule has 0 radical (unpaired) electrons. The topological polar surface area (TPSA) is 57.7 Å². The Morgan fingerprint density at radius 3 is 2.48 bits per heavy atom. The number of hydrogen-bond donors (Lipinski definition) is 0. The Morgan fingerprint density at radius 2 is 1.87 bits per heavy atom. The second kappa shape index (κ2) is 7.77. The molecule has 124 valence electrons. The molecule has 1 heterocycles. The SMILES string of the molecule is C/C=C/C=C/C(=O)N1CCN(S(=O)(=O)c2cccc(Cl)c2)CC1. The third kappa shape index (κ3) is 4.43. The number of sulfonamides is 1. The Balaban J connectivity index is 2.02. The van der Waals surface area contributed by atoms with Gasteiger partial charge in [0.25, 0.3) is 0 Å². The molecule has 1 aromatic carbocycles. The molecule has 0 unspecified atom stereocenters. The average molecular weight is 355 g/mol. The third-order valence-corrected chi connectivity index (χ3v) is 5.66. The molecule has 0 aliphatic carbocycles. The molecular weight excluding hydrogens is 336 g/mol. The summed E-state index contributed by atoms with van der Waals surface area (Å²) in [5.41, 5.74) is 0. The fraction of sp³-hybridized carbons (Fsp3) is 0.312. The van der Waals surface area contributed by atoms with Crippen molar-refractivity contribution in [2.75, 3.05) is 26.2 Å². The maximum absolute atomic E-state index is 12.6. The molecule has 1 aromatic rings. The van der Waals surface area contributed by atoms with Crippen LogP contribution < -0.4 is 0 Å². The summed E-state index contributed by atoms with van der Waals surface area (Å²) in [5.74, 6) is -0.108. The molecule has 0 N–H and O–H groups in total. The minimum absolute atomic E-state index is 0.108. The van der Waals surface area contributed by atoms with E-state index in [1.165, 1.54) is 22.5 Å². The molecule has 23 heavy (non-hydrogen) atoms. The second-order valence-corrected chi connectivity index (χ2v) is 7.45. The number of allylic oxidation sites excluding steroid dienone is 3. The van der Waals surface area contributed by atoms with Gasteiger partial charge in [-0.3, -0.25) is 4.79 Å². The first-order chi connectivity index (χ1) is 10.9. The number of carbonyl (C=O) groups excluding carboxylic acids is 1. The fourth-order valence-electron chi connectivity index (χ4n) is 2.28. The largest absolute Gasteiger partial charge is 0.337 e. The molecule has 1 amide bonds. The van der Waals surface area contributed by atoms with Gasteiger partial charge in [-0.15, -0.1) is 0 Å². The van der Waals surface area contributed by atoms with Crippen molar-refractivity contribution < 1.29 is 13.2 Å². The van der Waals surface area contributed by atoms with Gasteiger partial charge >= 0.3 is 0 Å². The number of benzene rings is 1. The van der Waals surface area contributed by atoms with Crippen LogP contribution in [0.1, 0.15) is 6.92 Å². The number of carbonyl (C=O) groups is 1. The van der Waals surface area contributed by atoms with Gasteiger partial charge < -0.3 is 4.90 Å². The lowest BCUT2D eigenvalue weighted by Gasteiger charge is -2.33. The molecule has 1 aliphatic heterocycles. The van der Waals surface area contributed by atoms with E-state index < -0.39 is 10.0 Å². The zero-order chi connectivity index (χ0) is 16.9. The number of rotatable bonds is 4. The van der Waals surface area contributed by atoms with Crippen LogP contribution in [0, 0.1) is 0 Å². The summed E-state index contributed by atoms with van der Waals surface area (Å²) >= 11 is 5.87. The van der Waals surface area contributed by atoms with E-state index in [-0.39, 0.29) is 23.9 Å². The summed E-state index contributed by atoms with van der Waals surface area (Å²) in [6.45, 7) is 3.17. The Bertz CT molecular complexity index is 721. The van der Waals surface area contributed by atoms with Crippen molar-refractivity contribution in [3.8, 4) is 0 Å². The van der Waals surface area contributed by atoms with Gasteiger partial charge in [0, 0.05) is 37.3 Å². The summed E-state index contributed by atoms with van der Waals surface area (Å²) in [5, 5.41) is 0.383. The number of amides is 1. The highest BCUT2D eigenvalue weighted by molar-refractivity contribution is 7.89. The predicted molar refractivity (Wildman–Crippen MR) is 90.7 cm³/mol. The smallest absolute Gasteiger partial charge is 0.246 e. The summed E-state index contributed by atoms with van der Waals surface area (Å²) < 4.78 is 26.5. The van der Waals surface area contributed by atoms with Crippen LogP contribution in [0.25, 0.3) is 0 Å². The Kier molecular flexibility index (Phi) is 5.98. The monoisotopic (exact) mass is 354 g/mol. The normalized spacial score (nSPS) is 17.2. The van der Waals surface area contributed by atoms with Crippen molar-refractivity contribution in [1.82, 2.24) is 9.21 Å². The van der Waals surface area contributed by atoms with E-state index >= 15 is 0 Å². The molecule has 2 rings (SSSR count). The highest BCUT2D eigenvalue weighted by Gasteiger charge is 2.29. The third-order valence-electron chi connectivity index (χ3n) is 3.53. The first-order valence-corrected chi connectivity index (χ1v) is 9.11. The van der Waals surface area contributed by atoms with E-state index in [1.54, 1.807) is 29.2 Å². The van der Waals surface area contributed by atoms with Crippen molar-refractivity contribution in [2.24, 2.45) is 0 Å². The summed E-state index contributed by atoms with van der Waals surface area (Å²) in [6, 6.07) is 6.21. The lowest BCUT2D eigenvalue weighted by Crippen LogP contribution is -2.50. The van der Waals surface area contributed by atoms with Crippen molar-refractivity contribution >= 4 is 27.5 Å². The predicted octanol–water partition coefficient (Wildman–Crippen LogP) is 2.31. The maximum Gasteiger partial charge on any atom is 0.246 e. The van der Waals surface area contributed by atoms with E-state index in [9.17, 15) is 13.2 Å². The first-order valence-electron chi connectivity index (χ1n) is 7.29. The zero-order valence-electron chi connectivity index (χ0n) is 12.9. The van der Waals surface area contributed by atoms with Gasteiger partial charge in [-0.1, -0.05) is 35.9 Å². The van der Waals surface area contributed by atoms with E-state index in [1.807, 2.05) is 13.0 Å². The quantitative estimate of drug-likeness (QED) is 0.616. The molecule has 0 aromatic heterocycles. The number of hydrogen-bond acceptors (Lipinski definition) is 3. The minimum atomic E-state index is -3.57. The van der Waals surface area contributed by atoms with Crippen LogP contribution in [0.4, 0.5) is 0 Å². The molecule has 5 nitrogen and oxygen atoms in total. The standard InChI is InChI=1S/C16H19ClN2O3S/c1-2-3-4-8-16(20)18-9-11-19(12-10-18)23(21,22)15-7-5-6-14(17)13-15/h2-8,13H,9-12H2,1H3/b3-2+,8-4+. The molecule has 0 spiro atoms. The first kappa shape index (κ1) is 17.7. The van der Waals surface area contributed by atoms with Crippen molar-refractivity contribution in [3.63, 3.8) is 0 Å². The molecule has 1 saturated heterocycles. The second-order valence-electron chi connectivity index (χ2n) is 5.07. The highest BCUT2D eigenvalue weighted by atomic mass is 35.5. The summed E-state index contributed by atoms with van der Waals surface area (Å²) in [7, 11) is -3.57. The Hall–Kier alpha value is -1.63. The van der Waals surface area contributed by atoms with Gasteiger partial charge in [0.15, 0.2) is 0 Å². The number of nitrogens with zero attached hydrogens (tertiary/aromatic N) is 2. The molecule has 0 bridgehead atoms. The van der Waals surface area contributed by atoms with E-state index in [0.717, 1.165) is 0 Å². The lowest BCUT2D eigenvalue weighted by molar-refractivity contribution is -0.127. The van der Waals surface area contributed by atoms with Crippen LogP contribution in [0.3, 0.4) is 0 Å². The number of halogens is 1. The van der Waals surface area contributed by atoms with Gasteiger partial charge in [0.2, 0.25) is 15.9 Å².